The van der Waals surface area contributed by atoms with E-state index in [1.54, 1.807) is 12.3 Å². The van der Waals surface area contributed by atoms with Gasteiger partial charge in [0.1, 0.15) is 5.82 Å². The second-order valence-electron chi connectivity index (χ2n) is 5.04. The fourth-order valence-corrected chi connectivity index (χ4v) is 2.50. The monoisotopic (exact) mass is 267 g/mol. The maximum absolute atomic E-state index is 13.2. The summed E-state index contributed by atoms with van der Waals surface area (Å²) in [5.74, 6) is -0.356. The van der Waals surface area contributed by atoms with Gasteiger partial charge >= 0.3 is 0 Å². The van der Waals surface area contributed by atoms with E-state index >= 15 is 0 Å². The Bertz CT molecular complexity index is 817. The highest BCUT2D eigenvalue weighted by Gasteiger charge is 2.16. The highest BCUT2D eigenvalue weighted by atomic mass is 19.1. The van der Waals surface area contributed by atoms with Crippen molar-refractivity contribution in [3.8, 4) is 0 Å². The highest BCUT2D eigenvalue weighted by Crippen LogP contribution is 2.23. The number of carbonyl (C=O) groups is 1. The van der Waals surface area contributed by atoms with E-state index < -0.39 is 0 Å². The first kappa shape index (κ1) is 12.6. The molecule has 0 spiro atoms. The summed E-state index contributed by atoms with van der Waals surface area (Å²) in [7, 11) is 0. The molecule has 2 nitrogen and oxygen atoms in total. The van der Waals surface area contributed by atoms with Gasteiger partial charge in [-0.2, -0.15) is 0 Å². The van der Waals surface area contributed by atoms with Gasteiger partial charge in [-0.1, -0.05) is 23.8 Å². The molecule has 1 aromatic heterocycles. The number of halogens is 1. The summed E-state index contributed by atoms with van der Waals surface area (Å²) in [6, 6.07) is 10.2. The maximum Gasteiger partial charge on any atom is 0.195 e. The normalized spacial score (nSPS) is 10.9. The van der Waals surface area contributed by atoms with Gasteiger partial charge in [0.25, 0.3) is 0 Å². The Hall–Kier alpha value is -2.42. The quantitative estimate of drug-likeness (QED) is 0.695. The van der Waals surface area contributed by atoms with Gasteiger partial charge < -0.3 is 4.98 Å². The summed E-state index contributed by atoms with van der Waals surface area (Å²) in [6.45, 7) is 3.92. The molecule has 20 heavy (non-hydrogen) atoms. The van der Waals surface area contributed by atoms with Crippen LogP contribution >= 0.6 is 0 Å². The van der Waals surface area contributed by atoms with Crippen molar-refractivity contribution < 1.29 is 9.18 Å². The Kier molecular flexibility index (Phi) is 2.90. The minimum absolute atomic E-state index is 0.0413. The van der Waals surface area contributed by atoms with Crippen molar-refractivity contribution in [3.63, 3.8) is 0 Å². The topological polar surface area (TPSA) is 32.9 Å². The van der Waals surface area contributed by atoms with Crippen LogP contribution in [0.2, 0.25) is 0 Å². The molecule has 0 fully saturated rings. The molecule has 1 heterocycles. The minimum Gasteiger partial charge on any atom is -0.360 e. The summed E-state index contributed by atoms with van der Waals surface area (Å²) in [5.41, 5.74) is 3.97. The number of hydrogen-bond donors (Lipinski definition) is 1. The van der Waals surface area contributed by atoms with Crippen molar-refractivity contribution in [1.82, 2.24) is 4.98 Å². The zero-order valence-corrected chi connectivity index (χ0v) is 11.3. The molecule has 100 valence electrons. The molecule has 0 amide bonds. The SMILES string of the molecule is Cc1ccc(C(=O)c2c[nH]c3cc(F)ccc23)c(C)c1. The fourth-order valence-electron chi connectivity index (χ4n) is 2.50. The zero-order valence-electron chi connectivity index (χ0n) is 11.3. The molecule has 2 aromatic carbocycles. The summed E-state index contributed by atoms with van der Waals surface area (Å²) in [4.78, 5) is 15.6. The van der Waals surface area contributed by atoms with E-state index in [4.69, 9.17) is 0 Å². The Morgan fingerprint density at radius 3 is 2.60 bits per heavy atom. The van der Waals surface area contributed by atoms with Gasteiger partial charge in [-0.25, -0.2) is 4.39 Å². The Morgan fingerprint density at radius 1 is 1.05 bits per heavy atom. The lowest BCUT2D eigenvalue weighted by atomic mass is 9.97. The summed E-state index contributed by atoms with van der Waals surface area (Å²) in [6.07, 6.45) is 1.64. The molecule has 3 aromatic rings. The average Bonchev–Trinajstić information content (AvgIpc) is 2.80. The van der Waals surface area contributed by atoms with Crippen LogP contribution in [0.25, 0.3) is 10.9 Å². The molecule has 0 aliphatic rings. The van der Waals surface area contributed by atoms with Gasteiger partial charge in [-0.3, -0.25) is 4.79 Å². The molecule has 3 rings (SSSR count). The van der Waals surface area contributed by atoms with Crippen molar-refractivity contribution in [1.29, 1.82) is 0 Å². The number of rotatable bonds is 2. The third-order valence-corrected chi connectivity index (χ3v) is 3.51. The van der Waals surface area contributed by atoms with E-state index in [0.29, 0.717) is 16.6 Å². The molecular weight excluding hydrogens is 253 g/mol. The molecule has 0 bridgehead atoms. The van der Waals surface area contributed by atoms with E-state index in [9.17, 15) is 9.18 Å². The van der Waals surface area contributed by atoms with Crippen LogP contribution in [-0.4, -0.2) is 10.8 Å². The van der Waals surface area contributed by atoms with E-state index in [1.165, 1.54) is 12.1 Å². The van der Waals surface area contributed by atoms with Crippen LogP contribution in [0.4, 0.5) is 4.39 Å². The third kappa shape index (κ3) is 2.01. The molecule has 0 aliphatic heterocycles. The third-order valence-electron chi connectivity index (χ3n) is 3.51. The van der Waals surface area contributed by atoms with E-state index in [1.807, 2.05) is 32.0 Å². The van der Waals surface area contributed by atoms with Gasteiger partial charge in [0.15, 0.2) is 5.78 Å². The maximum atomic E-state index is 13.2. The number of benzene rings is 2. The minimum atomic E-state index is -0.315. The van der Waals surface area contributed by atoms with E-state index in [-0.39, 0.29) is 11.6 Å². The number of H-pyrrole nitrogens is 1. The van der Waals surface area contributed by atoms with Crippen LogP contribution in [0.3, 0.4) is 0 Å². The molecule has 0 saturated heterocycles. The van der Waals surface area contributed by atoms with Gasteiger partial charge in [0, 0.05) is 28.2 Å². The number of nitrogens with one attached hydrogen (secondary N) is 1. The summed E-state index contributed by atoms with van der Waals surface area (Å²) >= 11 is 0. The molecule has 0 saturated carbocycles. The molecule has 0 radical (unpaired) electrons. The number of carbonyl (C=O) groups excluding carboxylic acids is 1. The smallest absolute Gasteiger partial charge is 0.195 e. The fraction of sp³-hybridized carbons (Fsp3) is 0.118. The van der Waals surface area contributed by atoms with Crippen LogP contribution in [0.15, 0.2) is 42.6 Å². The Morgan fingerprint density at radius 2 is 1.85 bits per heavy atom. The van der Waals surface area contributed by atoms with Crippen LogP contribution in [0.5, 0.6) is 0 Å². The van der Waals surface area contributed by atoms with E-state index in [2.05, 4.69) is 4.98 Å². The Balaban J connectivity index is 2.13. The van der Waals surface area contributed by atoms with Gasteiger partial charge in [0.2, 0.25) is 0 Å². The van der Waals surface area contributed by atoms with Gasteiger partial charge in [0.05, 0.1) is 0 Å². The molecule has 1 N–H and O–H groups in total. The summed E-state index contributed by atoms with van der Waals surface area (Å²) in [5, 5.41) is 0.747. The predicted octanol–water partition coefficient (Wildman–Crippen LogP) is 4.15. The molecule has 3 heteroatoms. The number of aromatic amines is 1. The zero-order chi connectivity index (χ0) is 14.3. The van der Waals surface area contributed by atoms with Crippen molar-refractivity contribution in [2.24, 2.45) is 0 Å². The van der Waals surface area contributed by atoms with Gasteiger partial charge in [-0.05, 0) is 37.6 Å². The first-order valence-corrected chi connectivity index (χ1v) is 6.45. The van der Waals surface area contributed by atoms with Crippen molar-refractivity contribution in [2.75, 3.05) is 0 Å². The molecular formula is C17H14FNO. The van der Waals surface area contributed by atoms with Crippen molar-refractivity contribution >= 4 is 16.7 Å². The van der Waals surface area contributed by atoms with Crippen LogP contribution in [0.1, 0.15) is 27.0 Å². The Labute approximate surface area is 116 Å². The lowest BCUT2D eigenvalue weighted by Crippen LogP contribution is -2.03. The lowest BCUT2D eigenvalue weighted by molar-refractivity contribution is 0.103. The van der Waals surface area contributed by atoms with Crippen molar-refractivity contribution in [3.05, 3.63) is 70.7 Å². The second-order valence-corrected chi connectivity index (χ2v) is 5.04. The highest BCUT2D eigenvalue weighted by molar-refractivity contribution is 6.16. The summed E-state index contributed by atoms with van der Waals surface area (Å²) < 4.78 is 13.2. The van der Waals surface area contributed by atoms with Crippen molar-refractivity contribution in [2.45, 2.75) is 13.8 Å². The second kappa shape index (κ2) is 4.60. The molecule has 0 aliphatic carbocycles. The first-order chi connectivity index (χ1) is 9.56. The average molecular weight is 267 g/mol. The largest absolute Gasteiger partial charge is 0.360 e. The predicted molar refractivity (Wildman–Crippen MR) is 77.6 cm³/mol. The first-order valence-electron chi connectivity index (χ1n) is 6.45. The number of aromatic nitrogens is 1. The standard InChI is InChI=1S/C17H14FNO/c1-10-3-5-13(11(2)7-10)17(20)15-9-19-16-8-12(18)4-6-14(15)16/h3-9,19H,1-2H3. The number of ketones is 1. The number of hydrogen-bond acceptors (Lipinski definition) is 1. The van der Waals surface area contributed by atoms with Crippen LogP contribution in [-0.2, 0) is 0 Å². The number of aryl methyl sites for hydroxylation is 2. The van der Waals surface area contributed by atoms with Crippen LogP contribution < -0.4 is 0 Å². The molecule has 0 unspecified atom stereocenters. The van der Waals surface area contributed by atoms with Gasteiger partial charge in [-0.15, -0.1) is 0 Å². The molecule has 0 atom stereocenters. The lowest BCUT2D eigenvalue weighted by Gasteiger charge is -2.05. The van der Waals surface area contributed by atoms with E-state index in [0.717, 1.165) is 16.5 Å². The van der Waals surface area contributed by atoms with Crippen LogP contribution in [0, 0.1) is 19.7 Å². The number of fused-ring (bicyclic) bond motifs is 1.